The van der Waals surface area contributed by atoms with Crippen molar-refractivity contribution in [2.75, 3.05) is 26.2 Å². The molecular formula is C19H16ClF3N2O2. The van der Waals surface area contributed by atoms with Gasteiger partial charge in [-0.15, -0.1) is 0 Å². The maximum atomic E-state index is 13.8. The number of piperazine rings is 1. The Morgan fingerprint density at radius 1 is 0.889 bits per heavy atom. The molecule has 0 atom stereocenters. The lowest BCUT2D eigenvalue weighted by molar-refractivity contribution is -0.131. The lowest BCUT2D eigenvalue weighted by Gasteiger charge is -2.35. The number of carbonyl (C=O) groups excluding carboxylic acids is 2. The fourth-order valence-corrected chi connectivity index (χ4v) is 3.17. The molecule has 0 spiro atoms. The SMILES string of the molecule is O=C(Cc1ccc(F)cc1Cl)N1CCN(C(=O)c2ccc(F)cc2F)CC1. The summed E-state index contributed by atoms with van der Waals surface area (Å²) in [7, 11) is 0. The van der Waals surface area contributed by atoms with Gasteiger partial charge in [-0.2, -0.15) is 0 Å². The van der Waals surface area contributed by atoms with Crippen molar-refractivity contribution in [2.45, 2.75) is 6.42 Å². The van der Waals surface area contributed by atoms with Crippen molar-refractivity contribution in [2.24, 2.45) is 0 Å². The Labute approximate surface area is 159 Å². The van der Waals surface area contributed by atoms with Gasteiger partial charge < -0.3 is 9.80 Å². The molecule has 0 saturated carbocycles. The van der Waals surface area contributed by atoms with E-state index in [0.717, 1.165) is 18.2 Å². The zero-order valence-electron chi connectivity index (χ0n) is 14.2. The van der Waals surface area contributed by atoms with Crippen LogP contribution in [-0.4, -0.2) is 47.8 Å². The first-order chi connectivity index (χ1) is 12.8. The van der Waals surface area contributed by atoms with Crippen molar-refractivity contribution in [3.63, 3.8) is 0 Å². The summed E-state index contributed by atoms with van der Waals surface area (Å²) in [6.45, 7) is 1.04. The first kappa shape index (κ1) is 19.2. The second kappa shape index (κ2) is 8.00. The molecule has 1 saturated heterocycles. The molecule has 4 nitrogen and oxygen atoms in total. The number of nitrogens with zero attached hydrogens (tertiary/aromatic N) is 2. The smallest absolute Gasteiger partial charge is 0.256 e. The van der Waals surface area contributed by atoms with Crippen molar-refractivity contribution in [1.29, 1.82) is 0 Å². The molecule has 27 heavy (non-hydrogen) atoms. The van der Waals surface area contributed by atoms with Crippen molar-refractivity contribution in [1.82, 2.24) is 9.80 Å². The zero-order chi connectivity index (χ0) is 19.6. The van der Waals surface area contributed by atoms with Crippen LogP contribution < -0.4 is 0 Å². The fourth-order valence-electron chi connectivity index (χ4n) is 2.93. The van der Waals surface area contributed by atoms with E-state index in [2.05, 4.69) is 0 Å². The van der Waals surface area contributed by atoms with E-state index in [0.29, 0.717) is 11.6 Å². The highest BCUT2D eigenvalue weighted by atomic mass is 35.5. The van der Waals surface area contributed by atoms with E-state index < -0.39 is 23.4 Å². The van der Waals surface area contributed by atoms with E-state index in [9.17, 15) is 22.8 Å². The normalized spacial score (nSPS) is 14.4. The molecule has 8 heteroatoms. The lowest BCUT2D eigenvalue weighted by Crippen LogP contribution is -2.51. The molecule has 1 aliphatic heterocycles. The number of carbonyl (C=O) groups is 2. The topological polar surface area (TPSA) is 40.6 Å². The molecule has 1 aliphatic rings. The summed E-state index contributed by atoms with van der Waals surface area (Å²) in [6, 6.07) is 6.66. The third-order valence-corrected chi connectivity index (χ3v) is 4.79. The molecule has 0 aromatic heterocycles. The molecule has 0 N–H and O–H groups in total. The Morgan fingerprint density at radius 3 is 2.11 bits per heavy atom. The molecule has 2 aromatic rings. The summed E-state index contributed by atoms with van der Waals surface area (Å²) in [6.07, 6.45) is 0.0274. The van der Waals surface area contributed by atoms with Crippen LogP contribution in [0.3, 0.4) is 0 Å². The highest BCUT2D eigenvalue weighted by molar-refractivity contribution is 6.31. The minimum atomic E-state index is -0.913. The average Bonchev–Trinajstić information content (AvgIpc) is 2.63. The number of halogens is 4. The van der Waals surface area contributed by atoms with Gasteiger partial charge in [0.15, 0.2) is 0 Å². The number of benzene rings is 2. The minimum absolute atomic E-state index is 0.0274. The zero-order valence-corrected chi connectivity index (χ0v) is 15.0. The van der Waals surface area contributed by atoms with Gasteiger partial charge in [0.05, 0.1) is 12.0 Å². The summed E-state index contributed by atoms with van der Waals surface area (Å²) in [4.78, 5) is 27.8. The van der Waals surface area contributed by atoms with Crippen LogP contribution in [0.5, 0.6) is 0 Å². The van der Waals surface area contributed by atoms with E-state index in [4.69, 9.17) is 11.6 Å². The maximum Gasteiger partial charge on any atom is 0.256 e. The van der Waals surface area contributed by atoms with Crippen LogP contribution in [0.25, 0.3) is 0 Å². The van der Waals surface area contributed by atoms with Gasteiger partial charge in [-0.25, -0.2) is 13.2 Å². The Morgan fingerprint density at radius 2 is 1.48 bits per heavy atom. The van der Waals surface area contributed by atoms with Gasteiger partial charge in [-0.1, -0.05) is 17.7 Å². The molecule has 0 radical (unpaired) electrons. The van der Waals surface area contributed by atoms with Gasteiger partial charge in [-0.05, 0) is 29.8 Å². The molecule has 0 aliphatic carbocycles. The van der Waals surface area contributed by atoms with Crippen LogP contribution in [0.4, 0.5) is 13.2 Å². The first-order valence-electron chi connectivity index (χ1n) is 8.31. The third-order valence-electron chi connectivity index (χ3n) is 4.44. The second-order valence-corrected chi connectivity index (χ2v) is 6.62. The standard InChI is InChI=1S/C19H16ClF3N2O2/c20-16-10-13(21)2-1-12(16)9-18(26)24-5-7-25(8-6-24)19(27)15-4-3-14(22)11-17(15)23/h1-4,10-11H,5-9H2. The van der Waals surface area contributed by atoms with Crippen molar-refractivity contribution in [3.8, 4) is 0 Å². The van der Waals surface area contributed by atoms with Gasteiger partial charge in [0.2, 0.25) is 5.91 Å². The Bertz CT molecular complexity index is 883. The molecule has 3 rings (SSSR count). The van der Waals surface area contributed by atoms with E-state index in [-0.39, 0.29) is 49.1 Å². The fraction of sp³-hybridized carbons (Fsp3) is 0.263. The minimum Gasteiger partial charge on any atom is -0.339 e. The van der Waals surface area contributed by atoms with Crippen molar-refractivity contribution >= 4 is 23.4 Å². The van der Waals surface area contributed by atoms with Gasteiger partial charge in [0, 0.05) is 37.3 Å². The summed E-state index contributed by atoms with van der Waals surface area (Å²) in [5.41, 5.74) is 0.323. The molecule has 0 unspecified atom stereocenters. The molecule has 0 bridgehead atoms. The van der Waals surface area contributed by atoms with E-state index in [1.165, 1.54) is 17.0 Å². The number of hydrogen-bond acceptors (Lipinski definition) is 2. The highest BCUT2D eigenvalue weighted by Gasteiger charge is 2.26. The predicted octanol–water partition coefficient (Wildman–Crippen LogP) is 3.28. The third kappa shape index (κ3) is 4.42. The number of amides is 2. The number of rotatable bonds is 3. The summed E-state index contributed by atoms with van der Waals surface area (Å²) >= 11 is 5.95. The summed E-state index contributed by atoms with van der Waals surface area (Å²) in [5.74, 6) is -2.87. The molecule has 1 heterocycles. The summed E-state index contributed by atoms with van der Waals surface area (Å²) in [5, 5.41) is 0.184. The van der Waals surface area contributed by atoms with Crippen LogP contribution in [-0.2, 0) is 11.2 Å². The van der Waals surface area contributed by atoms with Crippen LogP contribution in [0.2, 0.25) is 5.02 Å². The van der Waals surface area contributed by atoms with E-state index in [1.807, 2.05) is 0 Å². The Balaban J connectivity index is 1.59. The van der Waals surface area contributed by atoms with Crippen LogP contribution in [0.1, 0.15) is 15.9 Å². The van der Waals surface area contributed by atoms with Gasteiger partial charge in [0.1, 0.15) is 17.5 Å². The van der Waals surface area contributed by atoms with Gasteiger partial charge in [0.25, 0.3) is 5.91 Å². The molecule has 1 fully saturated rings. The van der Waals surface area contributed by atoms with E-state index in [1.54, 1.807) is 4.90 Å². The van der Waals surface area contributed by atoms with Crippen molar-refractivity contribution < 1.29 is 22.8 Å². The Hall–Kier alpha value is -2.54. The predicted molar refractivity (Wildman–Crippen MR) is 94.0 cm³/mol. The highest BCUT2D eigenvalue weighted by Crippen LogP contribution is 2.19. The summed E-state index contributed by atoms with van der Waals surface area (Å²) < 4.78 is 39.8. The molecule has 2 amide bonds. The average molecular weight is 397 g/mol. The molecular weight excluding hydrogens is 381 g/mol. The Kier molecular flexibility index (Phi) is 5.70. The quantitative estimate of drug-likeness (QED) is 0.799. The molecule has 142 valence electrons. The van der Waals surface area contributed by atoms with Gasteiger partial charge in [-0.3, -0.25) is 9.59 Å². The number of hydrogen-bond donors (Lipinski definition) is 0. The van der Waals surface area contributed by atoms with E-state index >= 15 is 0 Å². The van der Waals surface area contributed by atoms with Gasteiger partial charge >= 0.3 is 0 Å². The van der Waals surface area contributed by atoms with Crippen LogP contribution >= 0.6 is 11.6 Å². The molecule has 2 aromatic carbocycles. The van der Waals surface area contributed by atoms with Crippen LogP contribution in [0, 0.1) is 17.5 Å². The van der Waals surface area contributed by atoms with Crippen LogP contribution in [0.15, 0.2) is 36.4 Å². The second-order valence-electron chi connectivity index (χ2n) is 6.21. The monoisotopic (exact) mass is 396 g/mol. The largest absolute Gasteiger partial charge is 0.339 e. The lowest BCUT2D eigenvalue weighted by atomic mass is 10.1. The maximum absolute atomic E-state index is 13.8. The van der Waals surface area contributed by atoms with Crippen molar-refractivity contribution in [3.05, 3.63) is 70.0 Å². The first-order valence-corrected chi connectivity index (χ1v) is 8.69.